The van der Waals surface area contributed by atoms with E-state index in [1.807, 2.05) is 6.92 Å². The van der Waals surface area contributed by atoms with E-state index in [1.165, 1.54) is 12.0 Å². The molecule has 2 unspecified atom stereocenters. The molecule has 1 saturated heterocycles. The van der Waals surface area contributed by atoms with E-state index >= 15 is 0 Å². The Morgan fingerprint density at radius 3 is 2.71 bits per heavy atom. The average Bonchev–Trinajstić information content (AvgIpc) is 2.85. The Morgan fingerprint density at radius 1 is 1.35 bits per heavy atom. The fourth-order valence-corrected chi connectivity index (χ4v) is 4.49. The van der Waals surface area contributed by atoms with Gasteiger partial charge < -0.3 is 9.84 Å². The van der Waals surface area contributed by atoms with E-state index in [-0.39, 0.29) is 11.2 Å². The number of hydrogen-bond donors (Lipinski definition) is 1. The summed E-state index contributed by atoms with van der Waals surface area (Å²) in [6.45, 7) is 10.5. The van der Waals surface area contributed by atoms with Crippen LogP contribution < -0.4 is 0 Å². The third-order valence-corrected chi connectivity index (χ3v) is 5.82. The zero-order chi connectivity index (χ0) is 12.5. The van der Waals surface area contributed by atoms with Crippen LogP contribution in [0.25, 0.3) is 0 Å². The van der Waals surface area contributed by atoms with Gasteiger partial charge in [-0.05, 0) is 57.8 Å². The van der Waals surface area contributed by atoms with Crippen molar-refractivity contribution in [2.75, 3.05) is 0 Å². The van der Waals surface area contributed by atoms with Gasteiger partial charge in [-0.3, -0.25) is 0 Å². The second kappa shape index (κ2) is 3.16. The minimum atomic E-state index is -0.651. The number of epoxide rings is 1. The van der Waals surface area contributed by atoms with E-state index in [9.17, 15) is 5.11 Å². The zero-order valence-corrected chi connectivity index (χ0v) is 11.3. The summed E-state index contributed by atoms with van der Waals surface area (Å²) in [5.74, 6) is 1.10. The van der Waals surface area contributed by atoms with Crippen LogP contribution in [0, 0.1) is 11.8 Å². The van der Waals surface area contributed by atoms with Crippen LogP contribution in [0.2, 0.25) is 0 Å². The Hall–Kier alpha value is -0.340. The Labute approximate surface area is 104 Å². The number of hydrogen-bond acceptors (Lipinski definition) is 2. The van der Waals surface area contributed by atoms with Gasteiger partial charge in [0, 0.05) is 0 Å². The minimum absolute atomic E-state index is 0.0450. The topological polar surface area (TPSA) is 32.8 Å². The average molecular weight is 236 g/mol. The summed E-state index contributed by atoms with van der Waals surface area (Å²) in [5, 5.41) is 10.8. The normalized spacial score (nSPS) is 56.9. The molecule has 0 spiro atoms. The van der Waals surface area contributed by atoms with Gasteiger partial charge in [0.2, 0.25) is 0 Å². The van der Waals surface area contributed by atoms with Gasteiger partial charge in [0.1, 0.15) is 11.2 Å². The Kier molecular flexibility index (Phi) is 2.18. The highest BCUT2D eigenvalue weighted by molar-refractivity contribution is 5.31. The molecule has 1 aliphatic heterocycles. The first-order chi connectivity index (χ1) is 7.85. The van der Waals surface area contributed by atoms with Crippen LogP contribution in [-0.4, -0.2) is 21.9 Å². The number of aliphatic hydroxyl groups is 1. The lowest BCUT2D eigenvalue weighted by Crippen LogP contribution is -2.44. The molecular formula is C15H24O2. The van der Waals surface area contributed by atoms with E-state index < -0.39 is 5.60 Å². The van der Waals surface area contributed by atoms with Crippen molar-refractivity contribution in [3.05, 3.63) is 12.2 Å². The molecule has 96 valence electrons. The summed E-state index contributed by atoms with van der Waals surface area (Å²) in [7, 11) is 0. The molecule has 5 atom stereocenters. The SMILES string of the molecule is C=C(C)[C@@H]1CC[C@](C)(O)C23CC[C@H](C)C2(C1)O3. The molecule has 3 aliphatic rings. The highest BCUT2D eigenvalue weighted by atomic mass is 16.6. The van der Waals surface area contributed by atoms with Crippen molar-refractivity contribution >= 4 is 0 Å². The lowest BCUT2D eigenvalue weighted by Gasteiger charge is -2.29. The molecule has 0 bridgehead atoms. The van der Waals surface area contributed by atoms with Gasteiger partial charge in [0.05, 0.1) is 5.60 Å². The lowest BCUT2D eigenvalue weighted by atomic mass is 9.77. The van der Waals surface area contributed by atoms with Gasteiger partial charge in [-0.2, -0.15) is 0 Å². The fourth-order valence-electron chi connectivity index (χ4n) is 4.49. The minimum Gasteiger partial charge on any atom is -0.387 e. The molecule has 2 aliphatic carbocycles. The number of allylic oxidation sites excluding steroid dienone is 1. The fraction of sp³-hybridized carbons (Fsp3) is 0.867. The molecule has 1 N–H and O–H groups in total. The van der Waals surface area contributed by atoms with Crippen molar-refractivity contribution in [1.82, 2.24) is 0 Å². The van der Waals surface area contributed by atoms with E-state index in [0.717, 1.165) is 25.7 Å². The second-order valence-corrected chi connectivity index (χ2v) is 6.82. The molecule has 3 rings (SSSR count). The monoisotopic (exact) mass is 236 g/mol. The molecule has 1 heterocycles. The van der Waals surface area contributed by atoms with Crippen LogP contribution in [0.4, 0.5) is 0 Å². The molecule has 2 saturated carbocycles. The van der Waals surface area contributed by atoms with Crippen LogP contribution >= 0.6 is 0 Å². The molecule has 3 fully saturated rings. The Morgan fingerprint density at radius 2 is 2.06 bits per heavy atom. The van der Waals surface area contributed by atoms with E-state index in [4.69, 9.17) is 4.74 Å². The standard InChI is InChI=1S/C15H24O2/c1-10(2)12-6-7-13(4,16)15-8-5-11(3)14(15,9-12)17-15/h11-12,16H,1,5-9H2,2-4H3/t11-,12+,13-,14?,15?/m0/s1. The third kappa shape index (κ3) is 1.23. The van der Waals surface area contributed by atoms with E-state index in [2.05, 4.69) is 20.4 Å². The van der Waals surface area contributed by atoms with E-state index in [0.29, 0.717) is 11.8 Å². The first-order valence-electron chi connectivity index (χ1n) is 6.93. The van der Waals surface area contributed by atoms with Crippen LogP contribution in [0.15, 0.2) is 12.2 Å². The molecule has 2 nitrogen and oxygen atoms in total. The van der Waals surface area contributed by atoms with Gasteiger partial charge in [0.25, 0.3) is 0 Å². The summed E-state index contributed by atoms with van der Waals surface area (Å²) in [4.78, 5) is 0. The van der Waals surface area contributed by atoms with Gasteiger partial charge in [-0.25, -0.2) is 0 Å². The van der Waals surface area contributed by atoms with Crippen LogP contribution in [0.5, 0.6) is 0 Å². The first kappa shape index (κ1) is 11.7. The van der Waals surface area contributed by atoms with Crippen molar-refractivity contribution in [2.45, 2.75) is 69.7 Å². The quantitative estimate of drug-likeness (QED) is 0.560. The molecule has 2 heteroatoms. The molecule has 0 aromatic rings. The molecule has 0 aromatic heterocycles. The van der Waals surface area contributed by atoms with Crippen LogP contribution in [-0.2, 0) is 4.74 Å². The van der Waals surface area contributed by atoms with Crippen LogP contribution in [0.3, 0.4) is 0 Å². The summed E-state index contributed by atoms with van der Waals surface area (Å²) in [6, 6.07) is 0. The van der Waals surface area contributed by atoms with Crippen molar-refractivity contribution in [2.24, 2.45) is 11.8 Å². The van der Waals surface area contributed by atoms with Gasteiger partial charge >= 0.3 is 0 Å². The molecule has 0 amide bonds. The first-order valence-corrected chi connectivity index (χ1v) is 6.93. The number of rotatable bonds is 1. The van der Waals surface area contributed by atoms with Gasteiger partial charge in [-0.1, -0.05) is 19.1 Å². The van der Waals surface area contributed by atoms with Crippen molar-refractivity contribution < 1.29 is 9.84 Å². The third-order valence-electron chi connectivity index (χ3n) is 5.82. The molecule has 17 heavy (non-hydrogen) atoms. The maximum atomic E-state index is 10.8. The summed E-state index contributed by atoms with van der Waals surface area (Å²) >= 11 is 0. The highest BCUT2D eigenvalue weighted by Gasteiger charge is 2.81. The van der Waals surface area contributed by atoms with Gasteiger partial charge in [0.15, 0.2) is 0 Å². The van der Waals surface area contributed by atoms with Crippen molar-refractivity contribution in [1.29, 1.82) is 0 Å². The number of ether oxygens (including phenoxy) is 1. The maximum Gasteiger partial charge on any atom is 0.126 e. The maximum absolute atomic E-state index is 10.8. The predicted molar refractivity (Wildman–Crippen MR) is 67.7 cm³/mol. The highest BCUT2D eigenvalue weighted by Crippen LogP contribution is 2.71. The van der Waals surface area contributed by atoms with Gasteiger partial charge in [-0.15, -0.1) is 0 Å². The summed E-state index contributed by atoms with van der Waals surface area (Å²) < 4.78 is 6.19. The predicted octanol–water partition coefficient (Wildman–Crippen LogP) is 3.05. The van der Waals surface area contributed by atoms with Crippen molar-refractivity contribution in [3.8, 4) is 0 Å². The summed E-state index contributed by atoms with van der Waals surface area (Å²) in [5.41, 5.74) is 0.322. The van der Waals surface area contributed by atoms with Crippen molar-refractivity contribution in [3.63, 3.8) is 0 Å². The molecular weight excluding hydrogens is 212 g/mol. The smallest absolute Gasteiger partial charge is 0.126 e. The largest absolute Gasteiger partial charge is 0.387 e. The molecule has 0 aromatic carbocycles. The summed E-state index contributed by atoms with van der Waals surface area (Å²) in [6.07, 6.45) is 5.20. The Bertz CT molecular complexity index is 373. The van der Waals surface area contributed by atoms with Crippen LogP contribution in [0.1, 0.15) is 52.9 Å². The van der Waals surface area contributed by atoms with E-state index in [1.54, 1.807) is 0 Å². The zero-order valence-electron chi connectivity index (χ0n) is 11.3. The Balaban J connectivity index is 1.99. The molecule has 0 radical (unpaired) electrons. The lowest BCUT2D eigenvalue weighted by molar-refractivity contribution is -0.0370. The second-order valence-electron chi connectivity index (χ2n) is 6.82.